The van der Waals surface area contributed by atoms with Crippen LogP contribution in [0.3, 0.4) is 0 Å². The number of hydrogen-bond donors (Lipinski definition) is 1. The molecule has 1 aromatic rings. The normalized spacial score (nSPS) is 27.6. The van der Waals surface area contributed by atoms with E-state index in [-0.39, 0.29) is 36.6 Å². The van der Waals surface area contributed by atoms with E-state index in [1.807, 2.05) is 12.1 Å². The van der Waals surface area contributed by atoms with Crippen molar-refractivity contribution in [3.8, 4) is 0 Å². The van der Waals surface area contributed by atoms with Crippen LogP contribution in [0.1, 0.15) is 48.8 Å². The van der Waals surface area contributed by atoms with E-state index in [9.17, 15) is 22.8 Å². The van der Waals surface area contributed by atoms with Gasteiger partial charge in [-0.2, -0.15) is 13.2 Å². The number of alkyl carbamates (subject to hydrolysis) is 1. The number of hydrogen-bond acceptors (Lipinski definition) is 4. The molecule has 1 atom stereocenters. The maximum atomic E-state index is 12.6. The Hall–Kier alpha value is -2.32. The third-order valence-corrected chi connectivity index (χ3v) is 5.98. The van der Waals surface area contributed by atoms with Gasteiger partial charge in [-0.1, -0.05) is 6.07 Å². The number of cyclic esters (lactones) is 1. The first-order valence-electron chi connectivity index (χ1n) is 9.53. The van der Waals surface area contributed by atoms with E-state index < -0.39 is 18.2 Å². The van der Waals surface area contributed by atoms with E-state index in [1.54, 1.807) is 11.1 Å². The molecule has 1 unspecified atom stereocenters. The quantitative estimate of drug-likeness (QED) is 0.829. The van der Waals surface area contributed by atoms with Crippen molar-refractivity contribution in [3.05, 3.63) is 29.6 Å². The van der Waals surface area contributed by atoms with E-state index in [1.165, 1.54) is 0 Å². The molecule has 6 nitrogen and oxygen atoms in total. The van der Waals surface area contributed by atoms with Gasteiger partial charge in [0, 0.05) is 43.2 Å². The molecule has 2 amide bonds. The maximum Gasteiger partial charge on any atom is 0.407 e. The molecule has 1 aromatic heterocycles. The summed E-state index contributed by atoms with van der Waals surface area (Å²) < 4.78 is 42.6. The SMILES string of the molecule is O=C1NC(CCC(=O)N2CC(c3ccc(C4CC(C(F)(F)F)C4)nc3)C2)CO1. The first-order valence-corrected chi connectivity index (χ1v) is 9.53. The van der Waals surface area contributed by atoms with Crippen molar-refractivity contribution >= 4 is 12.0 Å². The van der Waals surface area contributed by atoms with Crippen LogP contribution in [-0.4, -0.2) is 53.8 Å². The van der Waals surface area contributed by atoms with Crippen molar-refractivity contribution in [2.24, 2.45) is 5.92 Å². The standard InChI is InChI=1S/C19H22F3N3O3/c20-19(21,22)14-5-12(6-14)16-3-1-11(7-23-16)13-8-25(9-13)17(26)4-2-15-10-28-18(27)24-15/h1,3,7,12-15H,2,4-6,8-10H2,(H,24,27). The van der Waals surface area contributed by atoms with Crippen molar-refractivity contribution in [1.29, 1.82) is 0 Å². The third kappa shape index (κ3) is 3.93. The largest absolute Gasteiger partial charge is 0.447 e. The predicted octanol–water partition coefficient (Wildman–Crippen LogP) is 2.95. The van der Waals surface area contributed by atoms with E-state index in [0.29, 0.717) is 32.5 Å². The minimum Gasteiger partial charge on any atom is -0.447 e. The minimum atomic E-state index is -4.10. The van der Waals surface area contributed by atoms with Gasteiger partial charge in [0.05, 0.1) is 12.0 Å². The van der Waals surface area contributed by atoms with Gasteiger partial charge in [-0.25, -0.2) is 4.79 Å². The number of carbonyl (C=O) groups excluding carboxylic acids is 2. The zero-order valence-electron chi connectivity index (χ0n) is 15.2. The smallest absolute Gasteiger partial charge is 0.407 e. The number of amides is 2. The van der Waals surface area contributed by atoms with Gasteiger partial charge < -0.3 is 15.0 Å². The topological polar surface area (TPSA) is 71.5 Å². The van der Waals surface area contributed by atoms with Gasteiger partial charge in [-0.15, -0.1) is 0 Å². The number of aromatic nitrogens is 1. The summed E-state index contributed by atoms with van der Waals surface area (Å²) in [6.07, 6.45) is -1.65. The summed E-state index contributed by atoms with van der Waals surface area (Å²) in [7, 11) is 0. The van der Waals surface area contributed by atoms with Crippen molar-refractivity contribution in [2.75, 3.05) is 19.7 Å². The number of alkyl halides is 3. The van der Waals surface area contributed by atoms with Crippen LogP contribution in [-0.2, 0) is 9.53 Å². The molecule has 0 spiro atoms. The average Bonchev–Trinajstić information content (AvgIpc) is 2.96. The summed E-state index contributed by atoms with van der Waals surface area (Å²) in [4.78, 5) is 29.3. The Morgan fingerprint density at radius 3 is 2.57 bits per heavy atom. The van der Waals surface area contributed by atoms with Gasteiger partial charge in [0.2, 0.25) is 5.91 Å². The summed E-state index contributed by atoms with van der Waals surface area (Å²) in [5.41, 5.74) is 1.73. The van der Waals surface area contributed by atoms with Crippen LogP contribution in [0.15, 0.2) is 18.3 Å². The number of ether oxygens (including phenoxy) is 1. The maximum absolute atomic E-state index is 12.6. The van der Waals surface area contributed by atoms with Crippen molar-refractivity contribution in [2.45, 2.75) is 49.7 Å². The summed E-state index contributed by atoms with van der Waals surface area (Å²) in [6, 6.07) is 3.63. The molecule has 1 aliphatic carbocycles. The van der Waals surface area contributed by atoms with Crippen LogP contribution >= 0.6 is 0 Å². The summed E-state index contributed by atoms with van der Waals surface area (Å²) >= 11 is 0. The Balaban J connectivity index is 1.20. The van der Waals surface area contributed by atoms with Crippen LogP contribution in [0.5, 0.6) is 0 Å². The van der Waals surface area contributed by atoms with Crippen LogP contribution in [0.25, 0.3) is 0 Å². The number of rotatable bonds is 5. The van der Waals surface area contributed by atoms with Crippen LogP contribution in [0.2, 0.25) is 0 Å². The highest BCUT2D eigenvalue weighted by Crippen LogP contribution is 2.49. The van der Waals surface area contributed by atoms with E-state index in [2.05, 4.69) is 10.3 Å². The Morgan fingerprint density at radius 2 is 2.00 bits per heavy atom. The van der Waals surface area contributed by atoms with Gasteiger partial charge in [0.15, 0.2) is 0 Å². The van der Waals surface area contributed by atoms with Gasteiger partial charge in [-0.3, -0.25) is 9.78 Å². The lowest BCUT2D eigenvalue weighted by molar-refractivity contribution is -0.197. The fourth-order valence-electron chi connectivity index (χ4n) is 3.96. The number of nitrogens with zero attached hydrogens (tertiary/aromatic N) is 2. The zero-order chi connectivity index (χ0) is 19.9. The highest BCUT2D eigenvalue weighted by atomic mass is 19.4. The van der Waals surface area contributed by atoms with Crippen LogP contribution in [0.4, 0.5) is 18.0 Å². The number of nitrogens with one attached hydrogen (secondary N) is 1. The molecule has 9 heteroatoms. The zero-order valence-corrected chi connectivity index (χ0v) is 15.2. The Morgan fingerprint density at radius 1 is 1.25 bits per heavy atom. The highest BCUT2D eigenvalue weighted by molar-refractivity contribution is 5.77. The molecule has 4 rings (SSSR count). The molecule has 1 saturated carbocycles. The summed E-state index contributed by atoms with van der Waals surface area (Å²) in [5, 5.41) is 2.65. The van der Waals surface area contributed by atoms with Crippen molar-refractivity contribution < 1.29 is 27.5 Å². The fraction of sp³-hybridized carbons (Fsp3) is 0.632. The molecule has 28 heavy (non-hydrogen) atoms. The molecule has 2 saturated heterocycles. The van der Waals surface area contributed by atoms with Gasteiger partial charge in [0.25, 0.3) is 0 Å². The van der Waals surface area contributed by atoms with Crippen molar-refractivity contribution in [3.63, 3.8) is 0 Å². The van der Waals surface area contributed by atoms with Crippen LogP contribution in [0, 0.1) is 5.92 Å². The second-order valence-corrected chi connectivity index (χ2v) is 7.90. The number of halogens is 3. The van der Waals surface area contributed by atoms with Gasteiger partial charge in [-0.05, 0) is 30.9 Å². The number of carbonyl (C=O) groups is 2. The molecule has 152 valence electrons. The average molecular weight is 397 g/mol. The highest BCUT2D eigenvalue weighted by Gasteiger charge is 2.48. The molecule has 3 fully saturated rings. The van der Waals surface area contributed by atoms with Gasteiger partial charge >= 0.3 is 12.3 Å². The molecular formula is C19H22F3N3O3. The first-order chi connectivity index (χ1) is 13.3. The summed E-state index contributed by atoms with van der Waals surface area (Å²) in [6.45, 7) is 1.54. The Labute approximate surface area is 160 Å². The molecule has 0 radical (unpaired) electrons. The predicted molar refractivity (Wildman–Crippen MR) is 92.6 cm³/mol. The molecular weight excluding hydrogens is 375 g/mol. The monoisotopic (exact) mass is 397 g/mol. The lowest BCUT2D eigenvalue weighted by Gasteiger charge is -2.40. The molecule has 3 aliphatic rings. The van der Waals surface area contributed by atoms with Crippen LogP contribution < -0.4 is 5.32 Å². The third-order valence-electron chi connectivity index (χ3n) is 5.98. The molecule has 2 aliphatic heterocycles. The minimum absolute atomic E-state index is 0.0506. The number of pyridine rings is 1. The fourth-order valence-corrected chi connectivity index (χ4v) is 3.96. The summed E-state index contributed by atoms with van der Waals surface area (Å²) in [5.74, 6) is -1.05. The molecule has 1 N–H and O–H groups in total. The first kappa shape index (κ1) is 19.0. The lowest BCUT2D eigenvalue weighted by atomic mass is 9.72. The lowest BCUT2D eigenvalue weighted by Crippen LogP contribution is -2.48. The van der Waals surface area contributed by atoms with E-state index in [0.717, 1.165) is 11.3 Å². The second kappa shape index (κ2) is 7.25. The number of likely N-dealkylation sites (tertiary alicyclic amines) is 1. The molecule has 3 heterocycles. The Kier molecular flexibility index (Phi) is 4.93. The Bertz CT molecular complexity index is 741. The van der Waals surface area contributed by atoms with Crippen molar-refractivity contribution in [1.82, 2.24) is 15.2 Å². The van der Waals surface area contributed by atoms with E-state index in [4.69, 9.17) is 4.74 Å². The van der Waals surface area contributed by atoms with Gasteiger partial charge in [0.1, 0.15) is 6.61 Å². The second-order valence-electron chi connectivity index (χ2n) is 7.90. The molecule has 0 aromatic carbocycles. The van der Waals surface area contributed by atoms with E-state index >= 15 is 0 Å². The molecule has 0 bridgehead atoms.